The monoisotopic (exact) mass is 458 g/mol. The Morgan fingerprint density at radius 2 is 0.941 bits per heavy atom. The van der Waals surface area contributed by atoms with Crippen molar-refractivity contribution in [1.82, 2.24) is 18.7 Å². The third-order valence-corrected chi connectivity index (χ3v) is 6.49. The normalized spacial score (nSPS) is 11.3. The second-order valence-corrected chi connectivity index (χ2v) is 8.78. The summed E-state index contributed by atoms with van der Waals surface area (Å²) in [5.41, 5.74) is 3.99. The van der Waals surface area contributed by atoms with Crippen LogP contribution in [0.25, 0.3) is 22.5 Å². The number of hydrogen-bond donors (Lipinski definition) is 0. The summed E-state index contributed by atoms with van der Waals surface area (Å²) in [7, 11) is 0. The zero-order valence-corrected chi connectivity index (χ0v) is 20.6. The Balaban J connectivity index is 2.02. The van der Waals surface area contributed by atoms with Crippen LogP contribution in [0.1, 0.15) is 50.9 Å². The lowest BCUT2D eigenvalue weighted by Crippen LogP contribution is -2.24. The van der Waals surface area contributed by atoms with Crippen molar-refractivity contribution in [3.05, 3.63) is 92.8 Å². The van der Waals surface area contributed by atoms with Gasteiger partial charge in [-0.05, 0) is 51.0 Å². The van der Waals surface area contributed by atoms with Gasteiger partial charge in [0.1, 0.15) is 0 Å². The molecule has 0 unspecified atom stereocenters. The molecule has 2 heterocycles. The summed E-state index contributed by atoms with van der Waals surface area (Å²) in [5, 5.41) is 0. The lowest BCUT2D eigenvalue weighted by Gasteiger charge is -2.13. The molecule has 4 aromatic rings. The van der Waals surface area contributed by atoms with Gasteiger partial charge < -0.3 is 0 Å². The Labute approximate surface area is 200 Å². The summed E-state index contributed by atoms with van der Waals surface area (Å²) >= 11 is 0. The van der Waals surface area contributed by atoms with Gasteiger partial charge in [0.05, 0.1) is 22.5 Å². The predicted octanol–water partition coefficient (Wildman–Crippen LogP) is 5.48. The van der Waals surface area contributed by atoms with Crippen LogP contribution in [0.4, 0.5) is 0 Å². The Hall–Kier alpha value is -3.54. The highest BCUT2D eigenvalue weighted by atomic mass is 16.1. The summed E-state index contributed by atoms with van der Waals surface area (Å²) in [5.74, 6) is 0. The fourth-order valence-electron chi connectivity index (χ4n) is 4.68. The lowest BCUT2D eigenvalue weighted by atomic mass is 10.1. The number of rotatable bonds is 9. The zero-order valence-electron chi connectivity index (χ0n) is 20.6. The molecule has 2 aromatic carbocycles. The minimum Gasteiger partial charge on any atom is -0.282 e. The molecular formula is C28H34N4O2. The molecule has 34 heavy (non-hydrogen) atoms. The molecule has 0 radical (unpaired) electrons. The third kappa shape index (κ3) is 4.09. The highest BCUT2D eigenvalue weighted by Gasteiger charge is 2.27. The highest BCUT2D eigenvalue weighted by Crippen LogP contribution is 2.25. The van der Waals surface area contributed by atoms with Crippen molar-refractivity contribution in [2.45, 2.75) is 66.5 Å². The first-order valence-corrected chi connectivity index (χ1v) is 12.3. The van der Waals surface area contributed by atoms with Gasteiger partial charge in [-0.1, -0.05) is 63.1 Å². The van der Waals surface area contributed by atoms with Crippen molar-refractivity contribution >= 4 is 0 Å². The number of para-hydroxylation sites is 2. The average molecular weight is 459 g/mol. The summed E-state index contributed by atoms with van der Waals surface area (Å²) in [6.45, 7) is 9.63. The van der Waals surface area contributed by atoms with Crippen LogP contribution in [-0.2, 0) is 13.1 Å². The maximum Gasteiger partial charge on any atom is 0.279 e. The summed E-state index contributed by atoms with van der Waals surface area (Å²) < 4.78 is 7.53. The molecule has 0 fully saturated rings. The smallest absolute Gasteiger partial charge is 0.279 e. The van der Waals surface area contributed by atoms with Gasteiger partial charge in [0.2, 0.25) is 0 Å². The molecule has 0 saturated heterocycles. The SMILES string of the molecule is CCCCn1c(C)c(-c2c(C)n(CCCC)n(-c3ccccc3)c2=O)c(=O)n1-c1ccccc1. The largest absolute Gasteiger partial charge is 0.282 e. The molecule has 4 rings (SSSR count). The molecular weight excluding hydrogens is 424 g/mol. The topological polar surface area (TPSA) is 53.9 Å². The molecule has 6 heteroatoms. The highest BCUT2D eigenvalue weighted by molar-refractivity contribution is 5.68. The molecule has 0 aliphatic carbocycles. The molecule has 0 N–H and O–H groups in total. The van der Waals surface area contributed by atoms with E-state index in [-0.39, 0.29) is 11.1 Å². The van der Waals surface area contributed by atoms with Crippen molar-refractivity contribution in [2.24, 2.45) is 0 Å². The van der Waals surface area contributed by atoms with Crippen LogP contribution in [0.2, 0.25) is 0 Å². The molecule has 0 amide bonds. The molecule has 178 valence electrons. The minimum atomic E-state index is -0.146. The molecule has 0 aliphatic heterocycles. The Morgan fingerprint density at radius 3 is 1.26 bits per heavy atom. The van der Waals surface area contributed by atoms with Crippen LogP contribution in [0.3, 0.4) is 0 Å². The minimum absolute atomic E-state index is 0.146. The van der Waals surface area contributed by atoms with Gasteiger partial charge in [0.15, 0.2) is 0 Å². The van der Waals surface area contributed by atoms with Crippen LogP contribution < -0.4 is 11.1 Å². The first kappa shape index (κ1) is 23.6. The average Bonchev–Trinajstić information content (AvgIpc) is 3.24. The third-order valence-electron chi connectivity index (χ3n) is 6.49. The maximum absolute atomic E-state index is 13.9. The second-order valence-electron chi connectivity index (χ2n) is 8.78. The fourth-order valence-corrected chi connectivity index (χ4v) is 4.68. The van der Waals surface area contributed by atoms with Crippen LogP contribution >= 0.6 is 0 Å². The predicted molar refractivity (Wildman–Crippen MR) is 138 cm³/mol. The van der Waals surface area contributed by atoms with E-state index in [1.807, 2.05) is 83.9 Å². The van der Waals surface area contributed by atoms with Crippen molar-refractivity contribution in [1.29, 1.82) is 0 Å². The number of unbranched alkanes of at least 4 members (excludes halogenated alkanes) is 2. The summed E-state index contributed by atoms with van der Waals surface area (Å²) in [6, 6.07) is 19.4. The van der Waals surface area contributed by atoms with Gasteiger partial charge in [-0.2, -0.15) is 0 Å². The maximum atomic E-state index is 13.9. The van der Waals surface area contributed by atoms with Crippen LogP contribution in [0.15, 0.2) is 70.3 Å². The van der Waals surface area contributed by atoms with E-state index in [0.717, 1.165) is 61.5 Å². The van der Waals surface area contributed by atoms with E-state index < -0.39 is 0 Å². The van der Waals surface area contributed by atoms with E-state index in [9.17, 15) is 9.59 Å². The molecule has 2 aromatic heterocycles. The van der Waals surface area contributed by atoms with Crippen LogP contribution in [0.5, 0.6) is 0 Å². The Bertz CT molecular complexity index is 1260. The fraction of sp³-hybridized carbons (Fsp3) is 0.357. The van der Waals surface area contributed by atoms with E-state index in [1.54, 1.807) is 9.36 Å². The second kappa shape index (κ2) is 10.2. The Kier molecular flexibility index (Phi) is 7.06. The van der Waals surface area contributed by atoms with Gasteiger partial charge in [0, 0.05) is 24.5 Å². The van der Waals surface area contributed by atoms with Gasteiger partial charge in [-0.15, -0.1) is 0 Å². The van der Waals surface area contributed by atoms with Crippen molar-refractivity contribution < 1.29 is 0 Å². The van der Waals surface area contributed by atoms with E-state index in [0.29, 0.717) is 11.1 Å². The first-order chi connectivity index (χ1) is 16.5. The van der Waals surface area contributed by atoms with Crippen LogP contribution in [-0.4, -0.2) is 18.7 Å². The molecule has 0 aliphatic rings. The van der Waals surface area contributed by atoms with Gasteiger partial charge in [-0.25, -0.2) is 9.36 Å². The van der Waals surface area contributed by atoms with E-state index in [1.165, 1.54) is 0 Å². The first-order valence-electron chi connectivity index (χ1n) is 12.3. The molecule has 6 nitrogen and oxygen atoms in total. The number of aromatic nitrogens is 4. The zero-order chi connectivity index (χ0) is 24.2. The van der Waals surface area contributed by atoms with Crippen molar-refractivity contribution in [2.75, 3.05) is 0 Å². The van der Waals surface area contributed by atoms with Crippen molar-refractivity contribution in [3.63, 3.8) is 0 Å². The molecule has 0 bridgehead atoms. The molecule has 0 spiro atoms. The number of hydrogen-bond acceptors (Lipinski definition) is 2. The standard InChI is InChI=1S/C28H34N4O2/c1-5-7-19-29-21(3)25(27(33)31(29)23-15-11-9-12-16-23)26-22(4)30(20-8-6-2)32(28(26)34)24-17-13-10-14-18-24/h9-18H,5-8,19-20H2,1-4H3. The number of nitrogens with zero attached hydrogens (tertiary/aromatic N) is 4. The Morgan fingerprint density at radius 1 is 0.588 bits per heavy atom. The van der Waals surface area contributed by atoms with Gasteiger partial charge >= 0.3 is 0 Å². The van der Waals surface area contributed by atoms with E-state index in [2.05, 4.69) is 13.8 Å². The van der Waals surface area contributed by atoms with Crippen LogP contribution in [0, 0.1) is 13.8 Å². The lowest BCUT2D eigenvalue weighted by molar-refractivity contribution is 0.505. The van der Waals surface area contributed by atoms with Gasteiger partial charge in [-0.3, -0.25) is 19.0 Å². The van der Waals surface area contributed by atoms with E-state index >= 15 is 0 Å². The number of benzene rings is 2. The summed E-state index contributed by atoms with van der Waals surface area (Å²) in [6.07, 6.45) is 3.93. The summed E-state index contributed by atoms with van der Waals surface area (Å²) in [4.78, 5) is 27.9. The van der Waals surface area contributed by atoms with Gasteiger partial charge in [0.25, 0.3) is 11.1 Å². The van der Waals surface area contributed by atoms with E-state index in [4.69, 9.17) is 0 Å². The quantitative estimate of drug-likeness (QED) is 0.334. The molecule has 0 atom stereocenters. The van der Waals surface area contributed by atoms with Crippen molar-refractivity contribution in [3.8, 4) is 22.5 Å². The molecule has 0 saturated carbocycles.